The number of aryl methyl sites for hydroxylation is 3. The molecule has 0 aliphatic heterocycles. The number of anilines is 2. The Labute approximate surface area is 126 Å². The maximum atomic E-state index is 11.9. The fourth-order valence-corrected chi connectivity index (χ4v) is 2.03. The summed E-state index contributed by atoms with van der Waals surface area (Å²) in [7, 11) is 0. The summed E-state index contributed by atoms with van der Waals surface area (Å²) in [5, 5.41) is 6.17. The largest absolute Gasteiger partial charge is 0.385 e. The van der Waals surface area contributed by atoms with Crippen LogP contribution in [0.4, 0.5) is 11.4 Å². The van der Waals surface area contributed by atoms with E-state index >= 15 is 0 Å². The van der Waals surface area contributed by atoms with E-state index in [-0.39, 0.29) is 5.91 Å². The second kappa shape index (κ2) is 6.93. The molecule has 3 heteroatoms. The van der Waals surface area contributed by atoms with Crippen LogP contribution in [0.5, 0.6) is 0 Å². The Balaban J connectivity index is 1.79. The van der Waals surface area contributed by atoms with Crippen LogP contribution in [0.15, 0.2) is 42.5 Å². The fraction of sp³-hybridized carbons (Fsp3) is 0.278. The summed E-state index contributed by atoms with van der Waals surface area (Å²) >= 11 is 0. The molecule has 0 saturated carbocycles. The zero-order chi connectivity index (χ0) is 15.2. The average molecular weight is 282 g/mol. The third-order valence-corrected chi connectivity index (χ3v) is 3.52. The summed E-state index contributed by atoms with van der Waals surface area (Å²) in [4.78, 5) is 11.9. The Morgan fingerprint density at radius 2 is 1.57 bits per heavy atom. The van der Waals surface area contributed by atoms with Crippen molar-refractivity contribution < 1.29 is 4.79 Å². The van der Waals surface area contributed by atoms with Crippen LogP contribution in [0.3, 0.4) is 0 Å². The number of nitrogens with one attached hydrogen (secondary N) is 2. The molecule has 0 aliphatic rings. The second-order valence-electron chi connectivity index (χ2n) is 5.39. The van der Waals surface area contributed by atoms with Crippen molar-refractivity contribution >= 4 is 17.3 Å². The van der Waals surface area contributed by atoms with Crippen molar-refractivity contribution in [1.29, 1.82) is 0 Å². The van der Waals surface area contributed by atoms with Gasteiger partial charge >= 0.3 is 0 Å². The first-order valence-electron chi connectivity index (χ1n) is 7.22. The molecule has 2 aromatic carbocycles. The van der Waals surface area contributed by atoms with E-state index in [0.29, 0.717) is 13.0 Å². The molecule has 2 N–H and O–H groups in total. The molecule has 0 saturated heterocycles. The van der Waals surface area contributed by atoms with Crippen LogP contribution in [0, 0.1) is 20.8 Å². The van der Waals surface area contributed by atoms with Gasteiger partial charge in [-0.1, -0.05) is 23.8 Å². The van der Waals surface area contributed by atoms with Gasteiger partial charge in [0.25, 0.3) is 0 Å². The normalized spacial score (nSPS) is 10.2. The van der Waals surface area contributed by atoms with Crippen LogP contribution < -0.4 is 10.6 Å². The zero-order valence-corrected chi connectivity index (χ0v) is 12.9. The number of benzene rings is 2. The van der Waals surface area contributed by atoms with Crippen LogP contribution in [-0.2, 0) is 4.79 Å². The van der Waals surface area contributed by atoms with Crippen molar-refractivity contribution in [1.82, 2.24) is 0 Å². The molecule has 2 rings (SSSR count). The van der Waals surface area contributed by atoms with Gasteiger partial charge in [0.2, 0.25) is 5.91 Å². The summed E-state index contributed by atoms with van der Waals surface area (Å²) < 4.78 is 0. The molecule has 0 atom stereocenters. The third kappa shape index (κ3) is 4.63. The standard InChI is InChI=1S/C18H22N2O/c1-13-4-7-16(8-5-13)19-11-10-18(21)20-17-9-6-14(2)15(3)12-17/h4-9,12,19H,10-11H2,1-3H3,(H,20,21). The molecule has 1 amide bonds. The van der Waals surface area contributed by atoms with Crippen LogP contribution in [-0.4, -0.2) is 12.5 Å². The van der Waals surface area contributed by atoms with Gasteiger partial charge in [0.1, 0.15) is 0 Å². The number of rotatable bonds is 5. The Hall–Kier alpha value is -2.29. The topological polar surface area (TPSA) is 41.1 Å². The highest BCUT2D eigenvalue weighted by Gasteiger charge is 2.03. The van der Waals surface area contributed by atoms with Gasteiger partial charge in [-0.15, -0.1) is 0 Å². The lowest BCUT2D eigenvalue weighted by Gasteiger charge is -2.09. The summed E-state index contributed by atoms with van der Waals surface area (Å²) in [6, 6.07) is 14.1. The van der Waals surface area contributed by atoms with Gasteiger partial charge < -0.3 is 10.6 Å². The van der Waals surface area contributed by atoms with E-state index in [1.807, 2.05) is 37.3 Å². The number of hydrogen-bond acceptors (Lipinski definition) is 2. The molecule has 0 aromatic heterocycles. The third-order valence-electron chi connectivity index (χ3n) is 3.52. The summed E-state index contributed by atoms with van der Waals surface area (Å²) in [6.07, 6.45) is 0.445. The Morgan fingerprint density at radius 1 is 0.905 bits per heavy atom. The van der Waals surface area contributed by atoms with Crippen LogP contribution >= 0.6 is 0 Å². The van der Waals surface area contributed by atoms with Gasteiger partial charge in [0, 0.05) is 24.3 Å². The Kier molecular flexibility index (Phi) is 4.99. The first-order valence-corrected chi connectivity index (χ1v) is 7.22. The lowest BCUT2D eigenvalue weighted by atomic mass is 10.1. The molecule has 0 heterocycles. The van der Waals surface area contributed by atoms with E-state index in [0.717, 1.165) is 11.4 Å². The van der Waals surface area contributed by atoms with Gasteiger partial charge in [0.05, 0.1) is 0 Å². The molecule has 110 valence electrons. The summed E-state index contributed by atoms with van der Waals surface area (Å²) in [6.45, 7) is 6.79. The maximum Gasteiger partial charge on any atom is 0.226 e. The first kappa shape index (κ1) is 15.1. The Morgan fingerprint density at radius 3 is 2.24 bits per heavy atom. The zero-order valence-electron chi connectivity index (χ0n) is 12.9. The van der Waals surface area contributed by atoms with Crippen molar-refractivity contribution in [3.63, 3.8) is 0 Å². The smallest absolute Gasteiger partial charge is 0.226 e. The van der Waals surface area contributed by atoms with Crippen molar-refractivity contribution in [2.24, 2.45) is 0 Å². The molecule has 2 aromatic rings. The quantitative estimate of drug-likeness (QED) is 0.868. The predicted molar refractivity (Wildman–Crippen MR) is 88.8 cm³/mol. The molecular weight excluding hydrogens is 260 g/mol. The van der Waals surface area contributed by atoms with Gasteiger partial charge in [0.15, 0.2) is 0 Å². The molecule has 0 aliphatic carbocycles. The highest BCUT2D eigenvalue weighted by atomic mass is 16.1. The highest BCUT2D eigenvalue weighted by molar-refractivity contribution is 5.91. The number of carbonyl (C=O) groups excluding carboxylic acids is 1. The van der Waals surface area contributed by atoms with Crippen molar-refractivity contribution in [2.75, 3.05) is 17.2 Å². The monoisotopic (exact) mass is 282 g/mol. The van der Waals surface area contributed by atoms with E-state index in [4.69, 9.17) is 0 Å². The van der Waals surface area contributed by atoms with E-state index in [2.05, 4.69) is 36.6 Å². The van der Waals surface area contributed by atoms with Gasteiger partial charge in [-0.05, 0) is 56.2 Å². The van der Waals surface area contributed by atoms with E-state index < -0.39 is 0 Å². The van der Waals surface area contributed by atoms with E-state index in [1.54, 1.807) is 0 Å². The number of hydrogen-bond donors (Lipinski definition) is 2. The SMILES string of the molecule is Cc1ccc(NCCC(=O)Nc2ccc(C)c(C)c2)cc1. The van der Waals surface area contributed by atoms with Crippen molar-refractivity contribution in [3.05, 3.63) is 59.2 Å². The fourth-order valence-electron chi connectivity index (χ4n) is 2.03. The van der Waals surface area contributed by atoms with E-state index in [9.17, 15) is 4.79 Å². The minimum absolute atomic E-state index is 0.0258. The summed E-state index contributed by atoms with van der Waals surface area (Å²) in [5.41, 5.74) is 5.55. The molecule has 0 spiro atoms. The highest BCUT2D eigenvalue weighted by Crippen LogP contribution is 2.14. The predicted octanol–water partition coefficient (Wildman–Crippen LogP) is 4.05. The van der Waals surface area contributed by atoms with Crippen molar-refractivity contribution in [3.8, 4) is 0 Å². The van der Waals surface area contributed by atoms with Gasteiger partial charge in [-0.2, -0.15) is 0 Å². The minimum atomic E-state index is 0.0258. The van der Waals surface area contributed by atoms with Gasteiger partial charge in [-0.25, -0.2) is 0 Å². The molecule has 0 fully saturated rings. The van der Waals surface area contributed by atoms with E-state index in [1.165, 1.54) is 16.7 Å². The molecule has 0 radical (unpaired) electrons. The molecule has 0 unspecified atom stereocenters. The Bertz CT molecular complexity index is 618. The average Bonchev–Trinajstić information content (AvgIpc) is 2.45. The number of amides is 1. The molecule has 3 nitrogen and oxygen atoms in total. The molecular formula is C18H22N2O. The second-order valence-corrected chi connectivity index (χ2v) is 5.39. The summed E-state index contributed by atoms with van der Waals surface area (Å²) in [5.74, 6) is 0.0258. The van der Waals surface area contributed by atoms with Crippen LogP contribution in [0.2, 0.25) is 0 Å². The number of carbonyl (C=O) groups is 1. The lowest BCUT2D eigenvalue weighted by Crippen LogP contribution is -2.16. The molecule has 21 heavy (non-hydrogen) atoms. The minimum Gasteiger partial charge on any atom is -0.385 e. The lowest BCUT2D eigenvalue weighted by molar-refractivity contribution is -0.115. The van der Waals surface area contributed by atoms with Crippen LogP contribution in [0.25, 0.3) is 0 Å². The molecule has 0 bridgehead atoms. The maximum absolute atomic E-state index is 11.9. The first-order chi connectivity index (χ1) is 10.0. The van der Waals surface area contributed by atoms with Crippen molar-refractivity contribution in [2.45, 2.75) is 27.2 Å². The van der Waals surface area contributed by atoms with Gasteiger partial charge in [-0.3, -0.25) is 4.79 Å². The van der Waals surface area contributed by atoms with Crippen LogP contribution in [0.1, 0.15) is 23.1 Å².